The summed E-state index contributed by atoms with van der Waals surface area (Å²) in [5, 5.41) is 19.3. The minimum absolute atomic E-state index is 0.109. The Morgan fingerprint density at radius 3 is 2.75 bits per heavy atom. The minimum atomic E-state index is -1.22. The van der Waals surface area contributed by atoms with Crippen LogP contribution in [-0.2, 0) is 0 Å². The Labute approximate surface area is 116 Å². The second-order valence-electron chi connectivity index (χ2n) is 3.50. The Morgan fingerprint density at radius 1 is 1.40 bits per heavy atom. The van der Waals surface area contributed by atoms with Gasteiger partial charge in [0.15, 0.2) is 5.69 Å². The summed E-state index contributed by atoms with van der Waals surface area (Å²) in [6.45, 7) is 0. The van der Waals surface area contributed by atoms with E-state index >= 15 is 0 Å². The molecule has 20 heavy (non-hydrogen) atoms. The van der Waals surface area contributed by atoms with E-state index in [9.17, 15) is 14.9 Å². The average molecular weight is 296 g/mol. The van der Waals surface area contributed by atoms with Gasteiger partial charge in [-0.1, -0.05) is 11.6 Å². The van der Waals surface area contributed by atoms with Crippen molar-refractivity contribution in [2.45, 2.75) is 0 Å². The lowest BCUT2D eigenvalue weighted by Crippen LogP contribution is -2.02. The molecule has 0 spiro atoms. The molecule has 1 heterocycles. The molecule has 0 radical (unpaired) electrons. The molecule has 0 amide bonds. The maximum atomic E-state index is 10.7. The highest BCUT2D eigenvalue weighted by Gasteiger charge is 2.14. The highest BCUT2D eigenvalue weighted by atomic mass is 35.5. The van der Waals surface area contributed by atoms with Crippen LogP contribution in [-0.4, -0.2) is 26.0 Å². The molecule has 0 aliphatic carbocycles. The first-order chi connectivity index (χ1) is 9.47. The van der Waals surface area contributed by atoms with Crippen LogP contribution in [0.25, 0.3) is 0 Å². The Morgan fingerprint density at radius 2 is 2.15 bits per heavy atom. The van der Waals surface area contributed by atoms with Crippen LogP contribution in [0.5, 0.6) is 11.8 Å². The van der Waals surface area contributed by atoms with Crippen molar-refractivity contribution in [3.8, 4) is 11.8 Å². The molecule has 1 N–H and O–H groups in total. The molecule has 8 nitrogen and oxygen atoms in total. The number of ether oxygens (including phenoxy) is 1. The molecule has 0 bridgehead atoms. The standard InChI is InChI=1S/C11H6ClN3O5/c12-7-5-6(1-2-9(7)15(18)19)20-11-13-4-3-8(14-11)10(16)17/h1-5H,(H,16,17). The number of hydrogen-bond acceptors (Lipinski definition) is 6. The number of nitro benzene ring substituents is 1. The summed E-state index contributed by atoms with van der Waals surface area (Å²) in [5.41, 5.74) is -0.498. The quantitative estimate of drug-likeness (QED) is 0.680. The van der Waals surface area contributed by atoms with Gasteiger partial charge in [-0.3, -0.25) is 10.1 Å². The van der Waals surface area contributed by atoms with Gasteiger partial charge in [0.05, 0.1) is 4.92 Å². The molecule has 0 aliphatic rings. The van der Waals surface area contributed by atoms with Gasteiger partial charge in [0.1, 0.15) is 10.8 Å². The summed E-state index contributed by atoms with van der Waals surface area (Å²) in [7, 11) is 0. The third kappa shape index (κ3) is 2.98. The van der Waals surface area contributed by atoms with Crippen molar-refractivity contribution in [3.63, 3.8) is 0 Å². The lowest BCUT2D eigenvalue weighted by molar-refractivity contribution is -0.384. The topological polar surface area (TPSA) is 115 Å². The van der Waals surface area contributed by atoms with Crippen LogP contribution in [0.3, 0.4) is 0 Å². The van der Waals surface area contributed by atoms with Gasteiger partial charge in [0.25, 0.3) is 5.69 Å². The fraction of sp³-hybridized carbons (Fsp3) is 0. The first-order valence-corrected chi connectivity index (χ1v) is 5.53. The number of rotatable bonds is 4. The molecule has 1 aromatic heterocycles. The lowest BCUT2D eigenvalue weighted by atomic mass is 10.3. The molecule has 0 saturated heterocycles. The number of aromatic carboxylic acids is 1. The number of benzene rings is 1. The summed E-state index contributed by atoms with van der Waals surface area (Å²) >= 11 is 5.72. The van der Waals surface area contributed by atoms with E-state index in [2.05, 4.69) is 9.97 Å². The van der Waals surface area contributed by atoms with Crippen molar-refractivity contribution in [2.24, 2.45) is 0 Å². The monoisotopic (exact) mass is 295 g/mol. The van der Waals surface area contributed by atoms with Crippen molar-refractivity contribution in [1.29, 1.82) is 0 Å². The highest BCUT2D eigenvalue weighted by Crippen LogP contribution is 2.29. The molecule has 0 fully saturated rings. The van der Waals surface area contributed by atoms with E-state index in [1.54, 1.807) is 0 Å². The first kappa shape index (κ1) is 13.7. The van der Waals surface area contributed by atoms with Gasteiger partial charge in [0.2, 0.25) is 0 Å². The fourth-order valence-corrected chi connectivity index (χ4v) is 1.55. The molecule has 102 valence electrons. The van der Waals surface area contributed by atoms with E-state index in [1.165, 1.54) is 30.5 Å². The minimum Gasteiger partial charge on any atom is -0.477 e. The highest BCUT2D eigenvalue weighted by molar-refractivity contribution is 6.32. The van der Waals surface area contributed by atoms with E-state index in [0.717, 1.165) is 0 Å². The predicted octanol–water partition coefficient (Wildman–Crippen LogP) is 2.53. The summed E-state index contributed by atoms with van der Waals surface area (Å²) < 4.78 is 5.19. The summed E-state index contributed by atoms with van der Waals surface area (Å²) in [6.07, 6.45) is 1.22. The Bertz CT molecular complexity index is 692. The van der Waals surface area contributed by atoms with Crippen LogP contribution in [0.1, 0.15) is 10.5 Å². The van der Waals surface area contributed by atoms with Crippen LogP contribution in [0.4, 0.5) is 5.69 Å². The molecule has 9 heteroatoms. The van der Waals surface area contributed by atoms with Gasteiger partial charge in [-0.05, 0) is 12.1 Å². The Hall–Kier alpha value is -2.74. The predicted molar refractivity (Wildman–Crippen MR) is 67.2 cm³/mol. The number of nitrogens with zero attached hydrogens (tertiary/aromatic N) is 3. The third-order valence-corrected chi connectivity index (χ3v) is 2.48. The van der Waals surface area contributed by atoms with Gasteiger partial charge < -0.3 is 9.84 Å². The van der Waals surface area contributed by atoms with Crippen molar-refractivity contribution in [3.05, 3.63) is 51.3 Å². The maximum Gasteiger partial charge on any atom is 0.354 e. The zero-order valence-electron chi connectivity index (χ0n) is 9.69. The van der Waals surface area contributed by atoms with E-state index in [0.29, 0.717) is 0 Å². The van der Waals surface area contributed by atoms with Gasteiger partial charge in [-0.2, -0.15) is 4.98 Å². The van der Waals surface area contributed by atoms with Crippen LogP contribution < -0.4 is 4.74 Å². The normalized spacial score (nSPS) is 10.1. The van der Waals surface area contributed by atoms with Gasteiger partial charge >= 0.3 is 12.0 Å². The zero-order valence-corrected chi connectivity index (χ0v) is 10.4. The zero-order chi connectivity index (χ0) is 14.7. The number of carboxylic acid groups (broad SMARTS) is 1. The van der Waals surface area contributed by atoms with Crippen molar-refractivity contribution >= 4 is 23.3 Å². The molecule has 0 aliphatic heterocycles. The Kier molecular flexibility index (Phi) is 3.76. The van der Waals surface area contributed by atoms with Gasteiger partial charge in [-0.15, -0.1) is 0 Å². The fourth-order valence-electron chi connectivity index (χ4n) is 1.31. The lowest BCUT2D eigenvalue weighted by Gasteiger charge is -2.04. The van der Waals surface area contributed by atoms with E-state index in [-0.39, 0.29) is 28.2 Å². The maximum absolute atomic E-state index is 10.7. The Balaban J connectivity index is 2.26. The number of halogens is 1. The summed E-state index contributed by atoms with van der Waals surface area (Å²) in [4.78, 5) is 28.1. The van der Waals surface area contributed by atoms with Crippen molar-refractivity contribution in [1.82, 2.24) is 9.97 Å². The van der Waals surface area contributed by atoms with Gasteiger partial charge in [-0.25, -0.2) is 9.78 Å². The van der Waals surface area contributed by atoms with E-state index < -0.39 is 10.9 Å². The van der Waals surface area contributed by atoms with Crippen LogP contribution in [0.2, 0.25) is 5.02 Å². The molecule has 1 aromatic carbocycles. The molecule has 2 aromatic rings. The molecule has 0 atom stereocenters. The van der Waals surface area contributed by atoms with Crippen LogP contribution in [0, 0.1) is 10.1 Å². The molecule has 2 rings (SSSR count). The second kappa shape index (κ2) is 5.49. The largest absolute Gasteiger partial charge is 0.477 e. The van der Waals surface area contributed by atoms with Crippen LogP contribution in [0.15, 0.2) is 30.5 Å². The van der Waals surface area contributed by atoms with E-state index in [4.69, 9.17) is 21.4 Å². The summed E-state index contributed by atoms with van der Waals surface area (Å²) in [5.74, 6) is -1.07. The van der Waals surface area contributed by atoms with Gasteiger partial charge in [0, 0.05) is 18.3 Å². The first-order valence-electron chi connectivity index (χ1n) is 5.15. The number of carbonyl (C=O) groups is 1. The number of aromatic nitrogens is 2. The second-order valence-corrected chi connectivity index (χ2v) is 3.91. The molecular weight excluding hydrogens is 290 g/mol. The van der Waals surface area contributed by atoms with Crippen molar-refractivity contribution in [2.75, 3.05) is 0 Å². The summed E-state index contributed by atoms with van der Waals surface area (Å²) in [6, 6.07) is 4.70. The molecule has 0 saturated carbocycles. The van der Waals surface area contributed by atoms with Crippen LogP contribution >= 0.6 is 11.6 Å². The number of hydrogen-bond donors (Lipinski definition) is 1. The molecular formula is C11H6ClN3O5. The number of carboxylic acids is 1. The SMILES string of the molecule is O=C(O)c1ccnc(Oc2ccc([N+](=O)[O-])c(Cl)c2)n1. The smallest absolute Gasteiger partial charge is 0.354 e. The van der Waals surface area contributed by atoms with Crippen molar-refractivity contribution < 1.29 is 19.6 Å². The third-order valence-electron chi connectivity index (χ3n) is 2.18. The number of nitro groups is 1. The van der Waals surface area contributed by atoms with E-state index in [1.807, 2.05) is 0 Å². The molecule has 0 unspecified atom stereocenters. The average Bonchev–Trinajstić information content (AvgIpc) is 2.38.